The number of piperidine rings is 1. The lowest BCUT2D eigenvalue weighted by Crippen LogP contribution is -2.44. The van der Waals surface area contributed by atoms with Crippen LogP contribution < -0.4 is 5.32 Å². The molecule has 0 radical (unpaired) electrons. The normalized spacial score (nSPS) is 18.3. The zero-order chi connectivity index (χ0) is 17.9. The van der Waals surface area contributed by atoms with Gasteiger partial charge in [0.05, 0.1) is 5.02 Å². The van der Waals surface area contributed by atoms with Gasteiger partial charge in [0.2, 0.25) is 15.9 Å². The van der Waals surface area contributed by atoms with Crippen LogP contribution in [0.4, 0.5) is 0 Å². The van der Waals surface area contributed by atoms with Crippen LogP contribution in [0.15, 0.2) is 23.1 Å². The maximum Gasteiger partial charge on any atom is 0.244 e. The van der Waals surface area contributed by atoms with Crippen molar-refractivity contribution in [3.63, 3.8) is 0 Å². The summed E-state index contributed by atoms with van der Waals surface area (Å²) in [5.41, 5.74) is 0. The van der Waals surface area contributed by atoms with Gasteiger partial charge in [0, 0.05) is 30.1 Å². The molecule has 1 aliphatic rings. The van der Waals surface area contributed by atoms with E-state index in [9.17, 15) is 13.2 Å². The number of nitrogens with zero attached hydrogens (tertiary/aromatic N) is 1. The molecule has 0 saturated carbocycles. The second-order valence-corrected chi connectivity index (χ2v) is 8.82. The van der Waals surface area contributed by atoms with Crippen LogP contribution in [-0.4, -0.2) is 37.8 Å². The van der Waals surface area contributed by atoms with E-state index in [-0.39, 0.29) is 27.8 Å². The molecule has 1 fully saturated rings. The van der Waals surface area contributed by atoms with Gasteiger partial charge in [-0.3, -0.25) is 4.79 Å². The number of benzene rings is 1. The van der Waals surface area contributed by atoms with E-state index in [4.69, 9.17) is 23.2 Å². The minimum Gasteiger partial charge on any atom is -0.353 e. The Balaban J connectivity index is 2.06. The fourth-order valence-electron chi connectivity index (χ4n) is 2.64. The molecule has 1 aromatic carbocycles. The molecular weight excluding hydrogens is 371 g/mol. The largest absolute Gasteiger partial charge is 0.353 e. The molecule has 1 heterocycles. The lowest BCUT2D eigenvalue weighted by molar-refractivity contribution is -0.126. The van der Waals surface area contributed by atoms with Gasteiger partial charge in [0.15, 0.2) is 0 Å². The molecule has 5 nitrogen and oxygen atoms in total. The number of hydrogen-bond acceptors (Lipinski definition) is 3. The van der Waals surface area contributed by atoms with Crippen molar-refractivity contribution >= 4 is 39.1 Å². The molecule has 0 aliphatic carbocycles. The highest BCUT2D eigenvalue weighted by Gasteiger charge is 2.33. The van der Waals surface area contributed by atoms with Crippen LogP contribution in [-0.2, 0) is 14.8 Å². The number of hydrogen-bond donors (Lipinski definition) is 1. The number of sulfonamides is 1. The first kappa shape index (κ1) is 19.5. The van der Waals surface area contributed by atoms with E-state index in [1.807, 2.05) is 13.8 Å². The van der Waals surface area contributed by atoms with Crippen molar-refractivity contribution in [2.24, 2.45) is 5.92 Å². The quantitative estimate of drug-likeness (QED) is 0.835. The van der Waals surface area contributed by atoms with Gasteiger partial charge in [-0.15, -0.1) is 0 Å². The van der Waals surface area contributed by atoms with Crippen LogP contribution in [0.25, 0.3) is 0 Å². The molecule has 2 rings (SSSR count). The van der Waals surface area contributed by atoms with Crippen LogP contribution in [0.2, 0.25) is 10.0 Å². The second-order valence-electron chi connectivity index (χ2n) is 6.07. The Morgan fingerprint density at radius 2 is 1.96 bits per heavy atom. The Bertz CT molecular complexity index is 701. The second kappa shape index (κ2) is 8.04. The number of rotatable bonds is 5. The highest BCUT2D eigenvalue weighted by molar-refractivity contribution is 7.89. The lowest BCUT2D eigenvalue weighted by Gasteiger charge is -2.31. The number of carbonyl (C=O) groups excluding carboxylic acids is 1. The first-order chi connectivity index (χ1) is 11.3. The Morgan fingerprint density at radius 3 is 2.54 bits per heavy atom. The lowest BCUT2D eigenvalue weighted by atomic mass is 9.97. The van der Waals surface area contributed by atoms with Crippen molar-refractivity contribution in [1.82, 2.24) is 9.62 Å². The van der Waals surface area contributed by atoms with Crippen LogP contribution in [0, 0.1) is 5.92 Å². The standard InChI is InChI=1S/C16H22Cl2N2O3S/c1-3-11(2)19-16(21)12-6-8-20(9-7-12)24(22,23)15-10-13(17)4-5-14(15)18/h4-5,10-12H,3,6-9H2,1-2H3,(H,19,21)/t11-/m0/s1. The van der Waals surface area contributed by atoms with Crippen molar-refractivity contribution in [1.29, 1.82) is 0 Å². The monoisotopic (exact) mass is 392 g/mol. The molecule has 0 bridgehead atoms. The van der Waals surface area contributed by atoms with E-state index in [2.05, 4.69) is 5.32 Å². The molecule has 1 aromatic rings. The van der Waals surface area contributed by atoms with Gasteiger partial charge in [0.25, 0.3) is 0 Å². The zero-order valence-corrected chi connectivity index (χ0v) is 16.1. The van der Waals surface area contributed by atoms with E-state index >= 15 is 0 Å². The van der Waals surface area contributed by atoms with Crippen molar-refractivity contribution in [2.45, 2.75) is 44.0 Å². The van der Waals surface area contributed by atoms with Gasteiger partial charge >= 0.3 is 0 Å². The van der Waals surface area contributed by atoms with Crippen molar-refractivity contribution < 1.29 is 13.2 Å². The minimum absolute atomic E-state index is 0.00202. The molecule has 8 heteroatoms. The molecule has 1 amide bonds. The van der Waals surface area contributed by atoms with E-state index < -0.39 is 10.0 Å². The van der Waals surface area contributed by atoms with Gasteiger partial charge < -0.3 is 5.32 Å². The van der Waals surface area contributed by atoms with Crippen LogP contribution in [0.3, 0.4) is 0 Å². The highest BCUT2D eigenvalue weighted by Crippen LogP contribution is 2.30. The summed E-state index contributed by atoms with van der Waals surface area (Å²) >= 11 is 11.9. The fraction of sp³-hybridized carbons (Fsp3) is 0.562. The maximum atomic E-state index is 12.7. The van der Waals surface area contributed by atoms with Gasteiger partial charge in [-0.2, -0.15) is 4.31 Å². The Kier molecular flexibility index (Phi) is 6.53. The molecule has 1 N–H and O–H groups in total. The molecular formula is C16H22Cl2N2O3S. The summed E-state index contributed by atoms with van der Waals surface area (Å²) in [5.74, 6) is -0.150. The topological polar surface area (TPSA) is 66.5 Å². The number of carbonyl (C=O) groups is 1. The van der Waals surface area contributed by atoms with E-state index in [0.29, 0.717) is 31.0 Å². The van der Waals surface area contributed by atoms with Crippen molar-refractivity contribution in [3.05, 3.63) is 28.2 Å². The van der Waals surface area contributed by atoms with E-state index in [0.717, 1.165) is 6.42 Å². The summed E-state index contributed by atoms with van der Waals surface area (Å²) in [7, 11) is -3.71. The van der Waals surface area contributed by atoms with Crippen molar-refractivity contribution in [3.8, 4) is 0 Å². The van der Waals surface area contributed by atoms with Crippen LogP contribution in [0.1, 0.15) is 33.1 Å². The Labute approximate surface area is 153 Å². The van der Waals surface area contributed by atoms with E-state index in [1.54, 1.807) is 6.07 Å². The predicted octanol–water partition coefficient (Wildman–Crippen LogP) is 3.31. The average molecular weight is 393 g/mol. The van der Waals surface area contributed by atoms with Gasteiger partial charge in [-0.25, -0.2) is 8.42 Å². The first-order valence-electron chi connectivity index (χ1n) is 8.01. The molecule has 0 unspecified atom stereocenters. The number of nitrogens with one attached hydrogen (secondary N) is 1. The SMILES string of the molecule is CC[C@H](C)NC(=O)C1CCN(S(=O)(=O)c2cc(Cl)ccc2Cl)CC1. The molecule has 1 atom stereocenters. The van der Waals surface area contributed by atoms with Gasteiger partial charge in [0.1, 0.15) is 4.90 Å². The Hall–Kier alpha value is -0.820. The maximum absolute atomic E-state index is 12.7. The molecule has 0 aromatic heterocycles. The number of halogens is 2. The zero-order valence-electron chi connectivity index (χ0n) is 13.8. The summed E-state index contributed by atoms with van der Waals surface area (Å²) in [6.07, 6.45) is 1.87. The first-order valence-corrected chi connectivity index (χ1v) is 10.2. The molecule has 1 saturated heterocycles. The summed E-state index contributed by atoms with van der Waals surface area (Å²) in [6.45, 7) is 4.56. The highest BCUT2D eigenvalue weighted by atomic mass is 35.5. The third-order valence-corrected chi connectivity index (χ3v) is 6.95. The fourth-order valence-corrected chi connectivity index (χ4v) is 4.84. The molecule has 1 aliphatic heterocycles. The summed E-state index contributed by atoms with van der Waals surface area (Å²) < 4.78 is 26.9. The number of amides is 1. The van der Waals surface area contributed by atoms with Gasteiger partial charge in [-0.1, -0.05) is 30.1 Å². The average Bonchev–Trinajstić information content (AvgIpc) is 2.56. The Morgan fingerprint density at radius 1 is 1.33 bits per heavy atom. The summed E-state index contributed by atoms with van der Waals surface area (Å²) in [5, 5.41) is 3.42. The third-order valence-electron chi connectivity index (χ3n) is 4.34. The molecule has 24 heavy (non-hydrogen) atoms. The smallest absolute Gasteiger partial charge is 0.244 e. The van der Waals surface area contributed by atoms with E-state index in [1.165, 1.54) is 16.4 Å². The summed E-state index contributed by atoms with van der Waals surface area (Å²) in [6, 6.07) is 4.52. The molecule has 134 valence electrons. The van der Waals surface area contributed by atoms with Crippen LogP contribution >= 0.6 is 23.2 Å². The molecule has 0 spiro atoms. The van der Waals surface area contributed by atoms with Gasteiger partial charge in [-0.05, 0) is 44.4 Å². The predicted molar refractivity (Wildman–Crippen MR) is 95.8 cm³/mol. The third kappa shape index (κ3) is 4.42. The van der Waals surface area contributed by atoms with Crippen LogP contribution in [0.5, 0.6) is 0 Å². The van der Waals surface area contributed by atoms with Crippen molar-refractivity contribution in [2.75, 3.05) is 13.1 Å². The minimum atomic E-state index is -3.71. The summed E-state index contributed by atoms with van der Waals surface area (Å²) in [4.78, 5) is 12.2.